The Morgan fingerprint density at radius 2 is 1.36 bits per heavy atom. The second-order valence-electron chi connectivity index (χ2n) is 8.43. The summed E-state index contributed by atoms with van der Waals surface area (Å²) in [5, 5.41) is 12.5. The fourth-order valence-corrected chi connectivity index (χ4v) is 3.93. The van der Waals surface area contributed by atoms with Crippen molar-refractivity contribution < 1.29 is 32.3 Å². The van der Waals surface area contributed by atoms with Gasteiger partial charge in [-0.05, 0) is 35.4 Å². The van der Waals surface area contributed by atoms with Crippen molar-refractivity contribution in [3.8, 4) is 0 Å². The number of esters is 1. The van der Waals surface area contributed by atoms with Crippen LogP contribution in [-0.2, 0) is 42.2 Å². The van der Waals surface area contributed by atoms with Crippen molar-refractivity contribution in [1.82, 2.24) is 16.0 Å². The third kappa shape index (κ3) is 9.68. The highest BCUT2D eigenvalue weighted by molar-refractivity contribution is 7.89. The van der Waals surface area contributed by atoms with Gasteiger partial charge < -0.3 is 20.7 Å². The maximum absolute atomic E-state index is 12.9. The lowest BCUT2D eigenvalue weighted by Crippen LogP contribution is -2.50. The van der Waals surface area contributed by atoms with Gasteiger partial charge in [-0.3, -0.25) is 19.2 Å². The van der Waals surface area contributed by atoms with Gasteiger partial charge in [0.15, 0.2) is 0 Å². The summed E-state index contributed by atoms with van der Waals surface area (Å²) in [7, 11) is -3.93. The van der Waals surface area contributed by atoms with Crippen LogP contribution in [0.25, 0.3) is 0 Å². The highest BCUT2D eigenvalue weighted by Gasteiger charge is 2.23. The lowest BCUT2D eigenvalue weighted by Gasteiger charge is -2.19. The van der Waals surface area contributed by atoms with E-state index in [2.05, 4.69) is 16.0 Å². The third-order valence-corrected chi connectivity index (χ3v) is 6.37. The molecule has 0 aromatic heterocycles. The van der Waals surface area contributed by atoms with Gasteiger partial charge in [0.25, 0.3) is 5.91 Å². The first kappa shape index (κ1) is 29.0. The van der Waals surface area contributed by atoms with Crippen molar-refractivity contribution in [3.05, 3.63) is 102 Å². The Hall–Kier alpha value is -4.55. The number of carbonyl (C=O) groups excluding carboxylic acids is 4. The molecule has 39 heavy (non-hydrogen) atoms. The van der Waals surface area contributed by atoms with Crippen LogP contribution in [0.1, 0.15) is 21.5 Å². The molecule has 0 bridgehead atoms. The van der Waals surface area contributed by atoms with Crippen LogP contribution in [0, 0.1) is 0 Å². The zero-order chi connectivity index (χ0) is 28.3. The molecule has 3 aromatic carbocycles. The van der Waals surface area contributed by atoms with Crippen LogP contribution in [0.3, 0.4) is 0 Å². The maximum atomic E-state index is 12.9. The molecular weight excluding hydrogens is 524 g/mol. The van der Waals surface area contributed by atoms with Gasteiger partial charge in [-0.1, -0.05) is 60.7 Å². The zero-order valence-electron chi connectivity index (χ0n) is 20.8. The summed E-state index contributed by atoms with van der Waals surface area (Å²) < 4.78 is 28.0. The minimum atomic E-state index is -3.93. The minimum Gasteiger partial charge on any atom is -0.460 e. The minimum absolute atomic E-state index is 0.0674. The van der Waals surface area contributed by atoms with Crippen LogP contribution < -0.4 is 21.1 Å². The van der Waals surface area contributed by atoms with Crippen molar-refractivity contribution in [2.24, 2.45) is 5.14 Å². The van der Waals surface area contributed by atoms with Crippen LogP contribution in [-0.4, -0.2) is 51.2 Å². The predicted molar refractivity (Wildman–Crippen MR) is 141 cm³/mol. The number of hydrogen-bond acceptors (Lipinski definition) is 7. The fourth-order valence-electron chi connectivity index (χ4n) is 3.41. The molecular formula is C27H28N4O7S. The highest BCUT2D eigenvalue weighted by Crippen LogP contribution is 2.10. The van der Waals surface area contributed by atoms with Crippen molar-refractivity contribution in [2.45, 2.75) is 24.0 Å². The molecule has 11 nitrogen and oxygen atoms in total. The Labute approximate surface area is 225 Å². The van der Waals surface area contributed by atoms with Gasteiger partial charge >= 0.3 is 5.97 Å². The lowest BCUT2D eigenvalue weighted by molar-refractivity contribution is -0.145. The van der Waals surface area contributed by atoms with E-state index in [0.717, 1.165) is 11.1 Å². The predicted octanol–water partition coefficient (Wildman–Crippen LogP) is 0.651. The Bertz CT molecular complexity index is 1400. The van der Waals surface area contributed by atoms with Crippen molar-refractivity contribution >= 4 is 33.7 Å². The lowest BCUT2D eigenvalue weighted by atomic mass is 10.0. The second kappa shape index (κ2) is 13.8. The average Bonchev–Trinajstić information content (AvgIpc) is 2.94. The van der Waals surface area contributed by atoms with Crippen LogP contribution in [0.5, 0.6) is 0 Å². The van der Waals surface area contributed by atoms with Crippen LogP contribution in [0.4, 0.5) is 0 Å². The molecule has 0 saturated carbocycles. The van der Waals surface area contributed by atoms with Gasteiger partial charge in [0.1, 0.15) is 19.2 Å². The molecule has 0 aliphatic heterocycles. The first-order chi connectivity index (χ1) is 18.6. The number of nitrogens with two attached hydrogens (primary N) is 1. The highest BCUT2D eigenvalue weighted by atomic mass is 32.2. The first-order valence-electron chi connectivity index (χ1n) is 11.8. The Balaban J connectivity index is 1.54. The smallest absolute Gasteiger partial charge is 0.325 e. The molecule has 0 saturated heterocycles. The standard InChI is InChI=1S/C27H28N4O7S/c28-39(36,37)22-13-11-21(12-14-22)26(34)31-23(15-19-7-3-1-4-8-19)27(35)30-16-24(32)29-17-25(33)38-18-20-9-5-2-6-10-20/h1-14,23H,15-18H2,(H,29,32)(H,30,35)(H,31,34)(H2,28,36,37)/t23-/m0/s1. The maximum Gasteiger partial charge on any atom is 0.325 e. The molecule has 0 radical (unpaired) electrons. The molecule has 12 heteroatoms. The summed E-state index contributed by atoms with van der Waals surface area (Å²) >= 11 is 0. The number of amides is 3. The number of carbonyl (C=O) groups is 4. The average molecular weight is 553 g/mol. The summed E-state index contributed by atoms with van der Waals surface area (Å²) in [6.07, 6.45) is 0.126. The fraction of sp³-hybridized carbons (Fsp3) is 0.185. The van der Waals surface area contributed by atoms with E-state index in [1.165, 1.54) is 24.3 Å². The van der Waals surface area contributed by atoms with Crippen molar-refractivity contribution in [1.29, 1.82) is 0 Å². The Kier molecular flexibility index (Phi) is 10.3. The summed E-state index contributed by atoms with van der Waals surface area (Å²) in [5.74, 6) is -2.52. The van der Waals surface area contributed by atoms with Gasteiger partial charge in [-0.15, -0.1) is 0 Å². The zero-order valence-corrected chi connectivity index (χ0v) is 21.6. The number of primary sulfonamides is 1. The van der Waals surface area contributed by atoms with Crippen molar-refractivity contribution in [3.63, 3.8) is 0 Å². The van der Waals surface area contributed by atoms with E-state index in [-0.39, 0.29) is 30.0 Å². The molecule has 0 aliphatic rings. The summed E-state index contributed by atoms with van der Waals surface area (Å²) in [4.78, 5) is 49.6. The molecule has 3 rings (SSSR count). The Morgan fingerprint density at radius 3 is 1.95 bits per heavy atom. The molecule has 0 fully saturated rings. The summed E-state index contributed by atoms with van der Waals surface area (Å²) in [6.45, 7) is -0.743. The van der Waals surface area contributed by atoms with E-state index in [9.17, 15) is 27.6 Å². The van der Waals surface area contributed by atoms with Crippen LogP contribution >= 0.6 is 0 Å². The molecule has 5 N–H and O–H groups in total. The van der Waals surface area contributed by atoms with Crippen LogP contribution in [0.2, 0.25) is 0 Å². The normalized spacial score (nSPS) is 11.6. The number of benzene rings is 3. The number of sulfonamides is 1. The van der Waals surface area contributed by atoms with Gasteiger partial charge in [-0.25, -0.2) is 13.6 Å². The molecule has 0 aliphatic carbocycles. The largest absolute Gasteiger partial charge is 0.460 e. The second-order valence-corrected chi connectivity index (χ2v) is 9.99. The number of ether oxygens (including phenoxy) is 1. The topological polar surface area (TPSA) is 174 Å². The molecule has 0 unspecified atom stereocenters. The summed E-state index contributed by atoms with van der Waals surface area (Å²) in [6, 6.07) is 21.8. The molecule has 0 heterocycles. The Morgan fingerprint density at radius 1 is 0.769 bits per heavy atom. The van der Waals surface area contributed by atoms with E-state index < -0.39 is 46.3 Å². The van der Waals surface area contributed by atoms with E-state index in [1.54, 1.807) is 42.5 Å². The monoisotopic (exact) mass is 552 g/mol. The van der Waals surface area contributed by atoms with Crippen molar-refractivity contribution in [2.75, 3.05) is 13.1 Å². The van der Waals surface area contributed by atoms with Crippen LogP contribution in [0.15, 0.2) is 89.8 Å². The SMILES string of the molecule is NS(=O)(=O)c1ccc(C(=O)N[C@@H](Cc2ccccc2)C(=O)NCC(=O)NCC(=O)OCc2ccccc2)cc1. The van der Waals surface area contributed by atoms with E-state index >= 15 is 0 Å². The van der Waals surface area contributed by atoms with E-state index in [0.29, 0.717) is 0 Å². The van der Waals surface area contributed by atoms with E-state index in [4.69, 9.17) is 9.88 Å². The van der Waals surface area contributed by atoms with Gasteiger partial charge in [-0.2, -0.15) is 0 Å². The van der Waals surface area contributed by atoms with Gasteiger partial charge in [0.05, 0.1) is 11.4 Å². The van der Waals surface area contributed by atoms with E-state index in [1.807, 2.05) is 18.2 Å². The van der Waals surface area contributed by atoms with Gasteiger partial charge in [0, 0.05) is 12.0 Å². The molecule has 1 atom stereocenters. The molecule has 3 amide bonds. The third-order valence-electron chi connectivity index (χ3n) is 5.45. The quantitative estimate of drug-likeness (QED) is 0.239. The first-order valence-corrected chi connectivity index (χ1v) is 13.4. The molecule has 0 spiro atoms. The molecule has 204 valence electrons. The molecule has 3 aromatic rings. The van der Waals surface area contributed by atoms with Gasteiger partial charge in [0.2, 0.25) is 21.8 Å². The number of rotatable bonds is 12. The number of nitrogens with one attached hydrogen (secondary N) is 3. The summed E-state index contributed by atoms with van der Waals surface area (Å²) in [5.41, 5.74) is 1.67. The number of hydrogen-bond donors (Lipinski definition) is 4.